The van der Waals surface area contributed by atoms with Gasteiger partial charge in [-0.3, -0.25) is 14.9 Å². The van der Waals surface area contributed by atoms with E-state index in [1.807, 2.05) is 0 Å². The third-order valence-corrected chi connectivity index (χ3v) is 4.75. The molecule has 1 aliphatic rings. The summed E-state index contributed by atoms with van der Waals surface area (Å²) in [5.74, 6) is 0.0701. The summed E-state index contributed by atoms with van der Waals surface area (Å²) in [6.45, 7) is 1.56. The molecule has 0 spiro atoms. The van der Waals surface area contributed by atoms with Crippen molar-refractivity contribution in [2.45, 2.75) is 19.3 Å². The van der Waals surface area contributed by atoms with E-state index in [-0.39, 0.29) is 12.3 Å². The lowest BCUT2D eigenvalue weighted by Crippen LogP contribution is -2.30. The van der Waals surface area contributed by atoms with E-state index in [1.165, 1.54) is 24.8 Å². The number of non-ortho nitro benzene ring substituents is 1. The van der Waals surface area contributed by atoms with Crippen LogP contribution in [-0.4, -0.2) is 36.7 Å². The Kier molecular flexibility index (Phi) is 7.02. The van der Waals surface area contributed by atoms with Crippen LogP contribution in [0.25, 0.3) is 0 Å². The minimum absolute atomic E-state index is 0.0235. The predicted molar refractivity (Wildman–Crippen MR) is 112 cm³/mol. The van der Waals surface area contributed by atoms with Crippen LogP contribution in [0.4, 0.5) is 11.4 Å². The first-order valence-electron chi connectivity index (χ1n) is 9.26. The van der Waals surface area contributed by atoms with Gasteiger partial charge in [0.1, 0.15) is 5.75 Å². The van der Waals surface area contributed by atoms with Crippen molar-refractivity contribution in [3.63, 3.8) is 0 Å². The summed E-state index contributed by atoms with van der Waals surface area (Å²) >= 11 is 5.80. The van der Waals surface area contributed by atoms with Gasteiger partial charge in [-0.2, -0.15) is 5.10 Å². The summed E-state index contributed by atoms with van der Waals surface area (Å²) in [6, 6.07) is 11.3. The van der Waals surface area contributed by atoms with Crippen molar-refractivity contribution in [2.75, 3.05) is 24.6 Å². The highest BCUT2D eigenvalue weighted by Crippen LogP contribution is 2.26. The molecule has 152 valence electrons. The molecule has 1 amide bonds. The number of benzene rings is 2. The second kappa shape index (κ2) is 9.88. The summed E-state index contributed by atoms with van der Waals surface area (Å²) in [7, 11) is 0. The lowest BCUT2D eigenvalue weighted by atomic mass is 10.1. The van der Waals surface area contributed by atoms with Crippen molar-refractivity contribution in [1.29, 1.82) is 0 Å². The number of carbonyl (C=O) groups excluding carboxylic acids is 1. The van der Waals surface area contributed by atoms with E-state index in [9.17, 15) is 14.9 Å². The molecule has 1 N–H and O–H groups in total. The number of nitrogens with zero attached hydrogens (tertiary/aromatic N) is 3. The zero-order valence-electron chi connectivity index (χ0n) is 15.7. The van der Waals surface area contributed by atoms with Crippen molar-refractivity contribution in [1.82, 2.24) is 5.43 Å². The SMILES string of the molecule is O=C(COc1ccc(Cl)cc1)N/N=C/c1cc([N+](=O)[O-])ccc1N1CCCCC1. The maximum Gasteiger partial charge on any atom is 0.277 e. The number of hydrazone groups is 1. The fourth-order valence-electron chi connectivity index (χ4n) is 3.07. The molecule has 2 aromatic carbocycles. The van der Waals surface area contributed by atoms with Crippen LogP contribution in [0.3, 0.4) is 0 Å². The summed E-state index contributed by atoms with van der Waals surface area (Å²) in [4.78, 5) is 24.8. The predicted octanol–water partition coefficient (Wildman–Crippen LogP) is 3.77. The maximum atomic E-state index is 11.9. The summed E-state index contributed by atoms with van der Waals surface area (Å²) in [6.07, 6.45) is 4.76. The van der Waals surface area contributed by atoms with Gasteiger partial charge in [0.15, 0.2) is 6.61 Å². The molecule has 0 saturated carbocycles. The Balaban J connectivity index is 1.64. The highest BCUT2D eigenvalue weighted by Gasteiger charge is 2.17. The number of piperidine rings is 1. The van der Waals surface area contributed by atoms with Crippen LogP contribution in [0.1, 0.15) is 24.8 Å². The first-order valence-corrected chi connectivity index (χ1v) is 9.64. The largest absolute Gasteiger partial charge is 0.484 e. The molecule has 1 aliphatic heterocycles. The van der Waals surface area contributed by atoms with Gasteiger partial charge in [-0.25, -0.2) is 5.43 Å². The lowest BCUT2D eigenvalue weighted by molar-refractivity contribution is -0.384. The first kappa shape index (κ1) is 20.6. The molecular weight excluding hydrogens is 396 g/mol. The molecular formula is C20H21ClN4O4. The smallest absolute Gasteiger partial charge is 0.277 e. The Bertz CT molecular complexity index is 896. The molecule has 3 rings (SSSR count). The normalized spacial score (nSPS) is 14.0. The van der Waals surface area contributed by atoms with Crippen LogP contribution in [-0.2, 0) is 4.79 Å². The molecule has 2 aromatic rings. The number of anilines is 1. The minimum atomic E-state index is -0.449. The van der Waals surface area contributed by atoms with Crippen LogP contribution in [0, 0.1) is 10.1 Å². The van der Waals surface area contributed by atoms with E-state index in [1.54, 1.807) is 30.3 Å². The number of nitro groups is 1. The monoisotopic (exact) mass is 416 g/mol. The number of carbonyl (C=O) groups is 1. The van der Waals surface area contributed by atoms with Crippen LogP contribution in [0.2, 0.25) is 5.02 Å². The number of ether oxygens (including phenoxy) is 1. The Hall–Kier alpha value is -3.13. The highest BCUT2D eigenvalue weighted by atomic mass is 35.5. The highest BCUT2D eigenvalue weighted by molar-refractivity contribution is 6.30. The molecule has 0 atom stereocenters. The van der Waals surface area contributed by atoms with Crippen LogP contribution < -0.4 is 15.1 Å². The van der Waals surface area contributed by atoms with Crippen molar-refractivity contribution >= 4 is 35.1 Å². The van der Waals surface area contributed by atoms with E-state index in [4.69, 9.17) is 16.3 Å². The Morgan fingerprint density at radius 1 is 1.21 bits per heavy atom. The maximum absolute atomic E-state index is 11.9. The van der Waals surface area contributed by atoms with Gasteiger partial charge >= 0.3 is 0 Å². The number of hydrogen-bond donors (Lipinski definition) is 1. The van der Waals surface area contributed by atoms with Gasteiger partial charge < -0.3 is 9.64 Å². The molecule has 29 heavy (non-hydrogen) atoms. The fourth-order valence-corrected chi connectivity index (χ4v) is 3.19. The second-order valence-electron chi connectivity index (χ2n) is 6.58. The molecule has 0 unspecified atom stereocenters. The van der Waals surface area contributed by atoms with Crippen LogP contribution in [0.5, 0.6) is 5.75 Å². The van der Waals surface area contributed by atoms with E-state index >= 15 is 0 Å². The summed E-state index contributed by atoms with van der Waals surface area (Å²) in [5, 5.41) is 15.6. The third kappa shape index (κ3) is 5.92. The average molecular weight is 417 g/mol. The van der Waals surface area contributed by atoms with E-state index in [0.29, 0.717) is 16.3 Å². The molecule has 1 heterocycles. The number of amides is 1. The number of halogens is 1. The molecule has 1 saturated heterocycles. The number of nitro benzene ring substituents is 1. The lowest BCUT2D eigenvalue weighted by Gasteiger charge is -2.29. The zero-order chi connectivity index (χ0) is 20.6. The Labute approximate surface area is 173 Å². The van der Waals surface area contributed by atoms with Crippen molar-refractivity contribution in [3.05, 3.63) is 63.2 Å². The molecule has 8 nitrogen and oxygen atoms in total. The first-order chi connectivity index (χ1) is 14.0. The molecule has 9 heteroatoms. The van der Waals surface area contributed by atoms with E-state index in [0.717, 1.165) is 31.6 Å². The standard InChI is InChI=1S/C20H21ClN4O4/c21-16-4-7-18(8-5-16)29-14-20(26)23-22-13-15-12-17(25(27)28)6-9-19(15)24-10-2-1-3-11-24/h4-9,12-13H,1-3,10-11,14H2,(H,23,26)/b22-13+. The van der Waals surface area contributed by atoms with E-state index < -0.39 is 10.8 Å². The second-order valence-corrected chi connectivity index (χ2v) is 7.02. The minimum Gasteiger partial charge on any atom is -0.484 e. The van der Waals surface area contributed by atoms with Crippen molar-refractivity contribution in [2.24, 2.45) is 5.10 Å². The molecule has 0 aromatic heterocycles. The van der Waals surface area contributed by atoms with Crippen molar-refractivity contribution in [3.8, 4) is 5.75 Å². The fraction of sp³-hybridized carbons (Fsp3) is 0.300. The van der Waals surface area contributed by atoms with Gasteiger partial charge in [0.2, 0.25) is 0 Å². The van der Waals surface area contributed by atoms with Gasteiger partial charge in [-0.05, 0) is 49.6 Å². The summed E-state index contributed by atoms with van der Waals surface area (Å²) < 4.78 is 5.35. The molecule has 0 radical (unpaired) electrons. The topological polar surface area (TPSA) is 97.1 Å². The summed E-state index contributed by atoms with van der Waals surface area (Å²) in [5.41, 5.74) is 3.81. The van der Waals surface area contributed by atoms with Gasteiger partial charge in [0, 0.05) is 41.5 Å². The van der Waals surface area contributed by atoms with Gasteiger partial charge in [0.05, 0.1) is 11.1 Å². The zero-order valence-corrected chi connectivity index (χ0v) is 16.5. The number of rotatable bonds is 7. The molecule has 1 fully saturated rings. The third-order valence-electron chi connectivity index (χ3n) is 4.50. The van der Waals surface area contributed by atoms with Gasteiger partial charge in [-0.15, -0.1) is 0 Å². The molecule has 0 aliphatic carbocycles. The average Bonchev–Trinajstić information content (AvgIpc) is 2.74. The quantitative estimate of drug-likeness (QED) is 0.421. The molecule has 0 bridgehead atoms. The van der Waals surface area contributed by atoms with Crippen LogP contribution >= 0.6 is 11.6 Å². The van der Waals surface area contributed by atoms with E-state index in [2.05, 4.69) is 15.4 Å². The van der Waals surface area contributed by atoms with Crippen LogP contribution in [0.15, 0.2) is 47.6 Å². The van der Waals surface area contributed by atoms with Gasteiger partial charge in [0.25, 0.3) is 11.6 Å². The Morgan fingerprint density at radius 3 is 2.62 bits per heavy atom. The number of nitrogens with one attached hydrogen (secondary N) is 1. The van der Waals surface area contributed by atoms with Gasteiger partial charge in [-0.1, -0.05) is 11.6 Å². The number of hydrogen-bond acceptors (Lipinski definition) is 6. The van der Waals surface area contributed by atoms with Crippen molar-refractivity contribution < 1.29 is 14.5 Å². The Morgan fingerprint density at radius 2 is 1.93 bits per heavy atom.